The highest BCUT2D eigenvalue weighted by Crippen LogP contribution is 2.14. The molecule has 2 N–H and O–H groups in total. The van der Waals surface area contributed by atoms with Crippen LogP contribution < -0.4 is 5.32 Å². The van der Waals surface area contributed by atoms with E-state index < -0.39 is 5.97 Å². The van der Waals surface area contributed by atoms with Crippen LogP contribution in [0.2, 0.25) is 0 Å². The fourth-order valence-corrected chi connectivity index (χ4v) is 1.93. The molecule has 0 radical (unpaired) electrons. The van der Waals surface area contributed by atoms with Gasteiger partial charge in [-0.1, -0.05) is 0 Å². The van der Waals surface area contributed by atoms with Crippen LogP contribution >= 0.6 is 0 Å². The molecule has 17 heavy (non-hydrogen) atoms. The minimum atomic E-state index is -0.896. The molecule has 1 unspecified atom stereocenters. The van der Waals surface area contributed by atoms with Crippen molar-refractivity contribution in [3.05, 3.63) is 29.8 Å². The van der Waals surface area contributed by atoms with E-state index in [0.717, 1.165) is 31.7 Å². The van der Waals surface area contributed by atoms with Crippen molar-refractivity contribution in [2.45, 2.75) is 25.4 Å². The lowest BCUT2D eigenvalue weighted by molar-refractivity contribution is 0.0247. The molecule has 1 aromatic carbocycles. The molecule has 92 valence electrons. The van der Waals surface area contributed by atoms with Crippen molar-refractivity contribution >= 4 is 11.7 Å². The van der Waals surface area contributed by atoms with Gasteiger partial charge in [0.1, 0.15) is 0 Å². The molecule has 0 aromatic heterocycles. The summed E-state index contributed by atoms with van der Waals surface area (Å²) < 4.78 is 5.61. The Kier molecular flexibility index (Phi) is 3.98. The number of anilines is 1. The van der Waals surface area contributed by atoms with Crippen LogP contribution in [0.1, 0.15) is 29.6 Å². The van der Waals surface area contributed by atoms with Crippen molar-refractivity contribution in [2.75, 3.05) is 18.5 Å². The second kappa shape index (κ2) is 5.68. The van der Waals surface area contributed by atoms with Crippen LogP contribution in [-0.2, 0) is 4.74 Å². The summed E-state index contributed by atoms with van der Waals surface area (Å²) >= 11 is 0. The molecule has 1 fully saturated rings. The molecule has 0 bridgehead atoms. The van der Waals surface area contributed by atoms with E-state index >= 15 is 0 Å². The second-order valence-electron chi connectivity index (χ2n) is 4.25. The van der Waals surface area contributed by atoms with Crippen LogP contribution in [0.3, 0.4) is 0 Å². The second-order valence-corrected chi connectivity index (χ2v) is 4.25. The lowest BCUT2D eigenvalue weighted by atomic mass is 10.1. The summed E-state index contributed by atoms with van der Waals surface area (Å²) in [6.07, 6.45) is 3.76. The normalized spacial score (nSPS) is 19.9. The van der Waals surface area contributed by atoms with E-state index in [2.05, 4.69) is 5.32 Å². The molecule has 2 rings (SSSR count). The molecular formula is C13H17NO3. The van der Waals surface area contributed by atoms with E-state index in [1.54, 1.807) is 24.3 Å². The monoisotopic (exact) mass is 235 g/mol. The van der Waals surface area contributed by atoms with Gasteiger partial charge in [0.05, 0.1) is 11.7 Å². The third-order valence-electron chi connectivity index (χ3n) is 2.94. The SMILES string of the molecule is O=C(O)c1ccc(NCC2CCCCO2)cc1. The highest BCUT2D eigenvalue weighted by Gasteiger charge is 2.13. The molecule has 0 saturated carbocycles. The van der Waals surface area contributed by atoms with Crippen LogP contribution in [0, 0.1) is 0 Å². The lowest BCUT2D eigenvalue weighted by Crippen LogP contribution is -2.26. The van der Waals surface area contributed by atoms with Crippen molar-refractivity contribution < 1.29 is 14.6 Å². The predicted octanol–water partition coefficient (Wildman–Crippen LogP) is 2.37. The number of hydrogen-bond donors (Lipinski definition) is 2. The minimum Gasteiger partial charge on any atom is -0.478 e. The van der Waals surface area contributed by atoms with Gasteiger partial charge < -0.3 is 15.2 Å². The molecule has 1 heterocycles. The van der Waals surface area contributed by atoms with E-state index in [1.807, 2.05) is 0 Å². The van der Waals surface area contributed by atoms with Crippen LogP contribution in [0.25, 0.3) is 0 Å². The van der Waals surface area contributed by atoms with Crippen LogP contribution in [0.5, 0.6) is 0 Å². The maximum Gasteiger partial charge on any atom is 0.335 e. The number of ether oxygens (including phenoxy) is 1. The first-order valence-corrected chi connectivity index (χ1v) is 5.94. The summed E-state index contributed by atoms with van der Waals surface area (Å²) in [6.45, 7) is 1.64. The number of nitrogens with one attached hydrogen (secondary N) is 1. The molecule has 1 aliphatic heterocycles. The Balaban J connectivity index is 1.84. The molecule has 1 saturated heterocycles. The highest BCUT2D eigenvalue weighted by atomic mass is 16.5. The van der Waals surface area contributed by atoms with Gasteiger partial charge in [0, 0.05) is 18.8 Å². The Labute approximate surface area is 101 Å². The third-order valence-corrected chi connectivity index (χ3v) is 2.94. The molecule has 1 aromatic rings. The van der Waals surface area contributed by atoms with Crippen LogP contribution in [0.15, 0.2) is 24.3 Å². The van der Waals surface area contributed by atoms with E-state index in [0.29, 0.717) is 5.56 Å². The maximum absolute atomic E-state index is 10.7. The summed E-state index contributed by atoms with van der Waals surface area (Å²) in [5.41, 5.74) is 1.24. The molecular weight excluding hydrogens is 218 g/mol. The molecule has 0 amide bonds. The van der Waals surface area contributed by atoms with Crippen molar-refractivity contribution in [3.8, 4) is 0 Å². The third kappa shape index (κ3) is 3.46. The average Bonchev–Trinajstić information content (AvgIpc) is 2.38. The number of aromatic carboxylic acids is 1. The summed E-state index contributed by atoms with van der Waals surface area (Å²) in [5, 5.41) is 12.0. The fourth-order valence-electron chi connectivity index (χ4n) is 1.93. The average molecular weight is 235 g/mol. The Hall–Kier alpha value is -1.55. The number of rotatable bonds is 4. The quantitative estimate of drug-likeness (QED) is 0.841. The number of benzene rings is 1. The fraction of sp³-hybridized carbons (Fsp3) is 0.462. The van der Waals surface area contributed by atoms with Gasteiger partial charge in [-0.3, -0.25) is 0 Å². The molecule has 0 spiro atoms. The number of hydrogen-bond acceptors (Lipinski definition) is 3. The predicted molar refractivity (Wildman–Crippen MR) is 65.5 cm³/mol. The van der Waals surface area contributed by atoms with Gasteiger partial charge in [-0.25, -0.2) is 4.79 Å². The van der Waals surface area contributed by atoms with E-state index in [9.17, 15) is 4.79 Å². The standard InChI is InChI=1S/C13H17NO3/c15-13(16)10-4-6-11(7-5-10)14-9-12-3-1-2-8-17-12/h4-7,12,14H,1-3,8-9H2,(H,15,16). The van der Waals surface area contributed by atoms with Gasteiger partial charge in [-0.05, 0) is 43.5 Å². The zero-order valence-electron chi connectivity index (χ0n) is 9.69. The lowest BCUT2D eigenvalue weighted by Gasteiger charge is -2.23. The number of carbonyl (C=O) groups is 1. The smallest absolute Gasteiger partial charge is 0.335 e. The minimum absolute atomic E-state index is 0.280. The first-order valence-electron chi connectivity index (χ1n) is 5.94. The molecule has 1 aliphatic rings. The Morgan fingerprint density at radius 2 is 2.12 bits per heavy atom. The molecule has 0 aliphatic carbocycles. The van der Waals surface area contributed by atoms with Gasteiger partial charge in [0.2, 0.25) is 0 Å². The van der Waals surface area contributed by atoms with E-state index in [4.69, 9.17) is 9.84 Å². The Morgan fingerprint density at radius 1 is 1.35 bits per heavy atom. The Morgan fingerprint density at radius 3 is 2.71 bits per heavy atom. The first kappa shape index (κ1) is 11.9. The zero-order chi connectivity index (χ0) is 12.1. The van der Waals surface area contributed by atoms with Crippen molar-refractivity contribution in [1.82, 2.24) is 0 Å². The maximum atomic E-state index is 10.7. The molecule has 1 atom stereocenters. The number of carboxylic acid groups (broad SMARTS) is 1. The van der Waals surface area contributed by atoms with Gasteiger partial charge in [0.25, 0.3) is 0 Å². The summed E-state index contributed by atoms with van der Waals surface area (Å²) in [6, 6.07) is 6.78. The van der Waals surface area contributed by atoms with Crippen molar-refractivity contribution in [2.24, 2.45) is 0 Å². The summed E-state index contributed by atoms with van der Waals surface area (Å²) in [4.78, 5) is 10.7. The van der Waals surface area contributed by atoms with Gasteiger partial charge >= 0.3 is 5.97 Å². The largest absolute Gasteiger partial charge is 0.478 e. The number of carboxylic acids is 1. The van der Waals surface area contributed by atoms with E-state index in [1.165, 1.54) is 6.42 Å². The van der Waals surface area contributed by atoms with Gasteiger partial charge in [-0.2, -0.15) is 0 Å². The van der Waals surface area contributed by atoms with E-state index in [-0.39, 0.29) is 6.10 Å². The van der Waals surface area contributed by atoms with Crippen molar-refractivity contribution in [3.63, 3.8) is 0 Å². The first-order chi connectivity index (χ1) is 8.25. The van der Waals surface area contributed by atoms with Crippen LogP contribution in [0.4, 0.5) is 5.69 Å². The molecule has 4 heteroatoms. The highest BCUT2D eigenvalue weighted by molar-refractivity contribution is 5.87. The van der Waals surface area contributed by atoms with Crippen molar-refractivity contribution in [1.29, 1.82) is 0 Å². The van der Waals surface area contributed by atoms with Gasteiger partial charge in [0.15, 0.2) is 0 Å². The topological polar surface area (TPSA) is 58.6 Å². The molecule has 4 nitrogen and oxygen atoms in total. The summed E-state index contributed by atoms with van der Waals surface area (Å²) in [7, 11) is 0. The summed E-state index contributed by atoms with van der Waals surface area (Å²) in [5.74, 6) is -0.896. The van der Waals surface area contributed by atoms with Gasteiger partial charge in [-0.15, -0.1) is 0 Å². The zero-order valence-corrected chi connectivity index (χ0v) is 9.69. The van der Waals surface area contributed by atoms with Crippen LogP contribution in [-0.4, -0.2) is 30.3 Å². The Bertz CT molecular complexity index is 369.